The SMILES string of the molecule is S=C1N=C2c3ccccc3CCC2C(c2ccccc2)N1. The van der Waals surface area contributed by atoms with Crippen LogP contribution < -0.4 is 5.32 Å². The predicted octanol–water partition coefficient (Wildman–Crippen LogP) is 3.67. The highest BCUT2D eigenvalue weighted by molar-refractivity contribution is 7.80. The number of benzene rings is 2. The minimum absolute atomic E-state index is 0.236. The average Bonchev–Trinajstić information content (AvgIpc) is 2.55. The summed E-state index contributed by atoms with van der Waals surface area (Å²) >= 11 is 5.38. The number of aryl methyl sites for hydroxylation is 1. The summed E-state index contributed by atoms with van der Waals surface area (Å²) in [5.41, 5.74) is 5.12. The summed E-state index contributed by atoms with van der Waals surface area (Å²) in [7, 11) is 0. The van der Waals surface area contributed by atoms with Gasteiger partial charge in [0.25, 0.3) is 0 Å². The van der Waals surface area contributed by atoms with Gasteiger partial charge in [-0.25, -0.2) is 4.99 Å². The number of nitrogens with one attached hydrogen (secondary N) is 1. The third-order valence-corrected chi connectivity index (χ3v) is 4.64. The van der Waals surface area contributed by atoms with Gasteiger partial charge in [-0.2, -0.15) is 0 Å². The molecule has 0 aromatic heterocycles. The fraction of sp³-hybridized carbons (Fsp3) is 0.222. The highest BCUT2D eigenvalue weighted by atomic mass is 32.1. The minimum Gasteiger partial charge on any atom is -0.353 e. The lowest BCUT2D eigenvalue weighted by atomic mass is 9.75. The molecule has 21 heavy (non-hydrogen) atoms. The number of nitrogens with zero attached hydrogens (tertiary/aromatic N) is 1. The van der Waals surface area contributed by atoms with E-state index < -0.39 is 0 Å². The number of hydrogen-bond donors (Lipinski definition) is 1. The topological polar surface area (TPSA) is 24.4 Å². The highest BCUT2D eigenvalue weighted by Gasteiger charge is 2.35. The second kappa shape index (κ2) is 5.08. The molecule has 104 valence electrons. The van der Waals surface area contributed by atoms with E-state index in [2.05, 4.69) is 64.9 Å². The van der Waals surface area contributed by atoms with Gasteiger partial charge in [-0.15, -0.1) is 0 Å². The Morgan fingerprint density at radius 1 is 1.00 bits per heavy atom. The van der Waals surface area contributed by atoms with Gasteiger partial charge in [0, 0.05) is 5.92 Å². The Morgan fingerprint density at radius 3 is 2.62 bits per heavy atom. The van der Waals surface area contributed by atoms with E-state index >= 15 is 0 Å². The van der Waals surface area contributed by atoms with E-state index in [4.69, 9.17) is 12.2 Å². The molecule has 0 spiro atoms. The summed E-state index contributed by atoms with van der Waals surface area (Å²) in [6.07, 6.45) is 2.22. The molecule has 3 heteroatoms. The third-order valence-electron chi connectivity index (χ3n) is 4.43. The van der Waals surface area contributed by atoms with Gasteiger partial charge in [-0.1, -0.05) is 54.6 Å². The second-order valence-corrected chi connectivity index (χ2v) is 6.02. The van der Waals surface area contributed by atoms with E-state index in [-0.39, 0.29) is 6.04 Å². The largest absolute Gasteiger partial charge is 0.353 e. The molecule has 1 aliphatic heterocycles. The molecule has 2 unspecified atom stereocenters. The molecule has 2 aromatic rings. The molecule has 2 atom stereocenters. The van der Waals surface area contributed by atoms with Crippen molar-refractivity contribution in [3.05, 3.63) is 71.3 Å². The van der Waals surface area contributed by atoms with E-state index in [9.17, 15) is 0 Å². The number of aliphatic imine (C=N–C) groups is 1. The molecule has 2 nitrogen and oxygen atoms in total. The quantitative estimate of drug-likeness (QED) is 0.811. The Labute approximate surface area is 129 Å². The molecule has 1 aliphatic carbocycles. The molecular formula is C18H16N2S. The fourth-order valence-electron chi connectivity index (χ4n) is 3.45. The van der Waals surface area contributed by atoms with Gasteiger partial charge in [-0.3, -0.25) is 0 Å². The normalized spacial score (nSPS) is 23.6. The van der Waals surface area contributed by atoms with Crippen LogP contribution in [0.15, 0.2) is 59.6 Å². The molecule has 0 saturated carbocycles. The summed E-state index contributed by atoms with van der Waals surface area (Å²) < 4.78 is 0. The van der Waals surface area contributed by atoms with Crippen molar-refractivity contribution >= 4 is 23.0 Å². The summed E-state index contributed by atoms with van der Waals surface area (Å²) in [6, 6.07) is 19.4. The van der Waals surface area contributed by atoms with Crippen molar-refractivity contribution in [3.8, 4) is 0 Å². The van der Waals surface area contributed by atoms with Crippen LogP contribution in [0.4, 0.5) is 0 Å². The Hall–Kier alpha value is -2.00. The van der Waals surface area contributed by atoms with Crippen LogP contribution in [0.5, 0.6) is 0 Å². The van der Waals surface area contributed by atoms with Gasteiger partial charge < -0.3 is 5.32 Å². The molecule has 0 fully saturated rings. The Kier molecular flexibility index (Phi) is 3.08. The Balaban J connectivity index is 1.81. The first kappa shape index (κ1) is 12.7. The number of fused-ring (bicyclic) bond motifs is 3. The van der Waals surface area contributed by atoms with Gasteiger partial charge in [0.05, 0.1) is 11.8 Å². The first-order valence-electron chi connectivity index (χ1n) is 7.35. The summed E-state index contributed by atoms with van der Waals surface area (Å²) in [5, 5.41) is 4.01. The van der Waals surface area contributed by atoms with Crippen molar-refractivity contribution in [1.29, 1.82) is 0 Å². The lowest BCUT2D eigenvalue weighted by Crippen LogP contribution is -2.43. The molecule has 4 rings (SSSR count). The van der Waals surface area contributed by atoms with E-state index in [1.54, 1.807) is 0 Å². The van der Waals surface area contributed by atoms with Crippen molar-refractivity contribution in [2.45, 2.75) is 18.9 Å². The van der Waals surface area contributed by atoms with Crippen molar-refractivity contribution < 1.29 is 0 Å². The van der Waals surface area contributed by atoms with E-state index in [0.717, 1.165) is 18.6 Å². The van der Waals surface area contributed by atoms with E-state index in [1.165, 1.54) is 16.7 Å². The van der Waals surface area contributed by atoms with Crippen LogP contribution in [0.2, 0.25) is 0 Å². The highest BCUT2D eigenvalue weighted by Crippen LogP contribution is 2.36. The number of thiocarbonyl (C=S) groups is 1. The van der Waals surface area contributed by atoms with Crippen LogP contribution in [0, 0.1) is 5.92 Å². The zero-order valence-electron chi connectivity index (χ0n) is 11.6. The van der Waals surface area contributed by atoms with Gasteiger partial charge >= 0.3 is 0 Å². The van der Waals surface area contributed by atoms with Gasteiger partial charge in [0.15, 0.2) is 5.11 Å². The number of rotatable bonds is 1. The molecule has 2 aromatic carbocycles. The molecule has 0 amide bonds. The van der Waals surface area contributed by atoms with Crippen LogP contribution in [0.1, 0.15) is 29.2 Å². The van der Waals surface area contributed by atoms with Gasteiger partial charge in [0.2, 0.25) is 0 Å². The van der Waals surface area contributed by atoms with Crippen molar-refractivity contribution in [3.63, 3.8) is 0 Å². The lowest BCUT2D eigenvalue weighted by molar-refractivity contribution is 0.460. The molecule has 1 N–H and O–H groups in total. The van der Waals surface area contributed by atoms with Gasteiger partial charge in [0.1, 0.15) is 0 Å². The van der Waals surface area contributed by atoms with Crippen LogP contribution in [-0.2, 0) is 6.42 Å². The summed E-state index contributed by atoms with van der Waals surface area (Å²) in [4.78, 5) is 4.66. The minimum atomic E-state index is 0.236. The lowest BCUT2D eigenvalue weighted by Gasteiger charge is -2.37. The smallest absolute Gasteiger partial charge is 0.193 e. The first-order valence-corrected chi connectivity index (χ1v) is 7.76. The number of hydrogen-bond acceptors (Lipinski definition) is 1. The van der Waals surface area contributed by atoms with Crippen LogP contribution in [0.25, 0.3) is 0 Å². The van der Waals surface area contributed by atoms with Crippen molar-refractivity contribution in [1.82, 2.24) is 5.32 Å². The maximum atomic E-state index is 5.38. The summed E-state index contributed by atoms with van der Waals surface area (Å²) in [5.74, 6) is 0.397. The monoisotopic (exact) mass is 292 g/mol. The standard InChI is InChI=1S/C18H16N2S/c21-18-19-16(13-7-2-1-3-8-13)15-11-10-12-6-4-5-9-14(12)17(15)20-18/h1-9,15-16H,10-11H2,(H,19,21). The van der Waals surface area contributed by atoms with Crippen LogP contribution in [0.3, 0.4) is 0 Å². The Morgan fingerprint density at radius 2 is 1.76 bits per heavy atom. The molecule has 0 bridgehead atoms. The molecule has 1 heterocycles. The van der Waals surface area contributed by atoms with Crippen LogP contribution >= 0.6 is 12.2 Å². The summed E-state index contributed by atoms with van der Waals surface area (Å²) in [6.45, 7) is 0. The third kappa shape index (κ3) is 2.18. The first-order chi connectivity index (χ1) is 10.3. The van der Waals surface area contributed by atoms with E-state index in [1.807, 2.05) is 0 Å². The zero-order valence-corrected chi connectivity index (χ0v) is 12.4. The zero-order chi connectivity index (χ0) is 14.2. The second-order valence-electron chi connectivity index (χ2n) is 5.64. The predicted molar refractivity (Wildman–Crippen MR) is 89.7 cm³/mol. The van der Waals surface area contributed by atoms with Gasteiger partial charge in [-0.05, 0) is 41.7 Å². The molecular weight excluding hydrogens is 276 g/mol. The fourth-order valence-corrected chi connectivity index (χ4v) is 3.68. The maximum Gasteiger partial charge on any atom is 0.193 e. The Bertz CT molecular complexity index is 721. The van der Waals surface area contributed by atoms with Crippen molar-refractivity contribution in [2.24, 2.45) is 10.9 Å². The molecule has 2 aliphatic rings. The maximum absolute atomic E-state index is 5.38. The van der Waals surface area contributed by atoms with Crippen molar-refractivity contribution in [2.75, 3.05) is 0 Å². The average molecular weight is 292 g/mol. The molecule has 0 radical (unpaired) electrons. The van der Waals surface area contributed by atoms with E-state index in [0.29, 0.717) is 11.0 Å². The van der Waals surface area contributed by atoms with Crippen LogP contribution in [-0.4, -0.2) is 10.8 Å². The molecule has 0 saturated heterocycles.